The van der Waals surface area contributed by atoms with Crippen LogP contribution in [-0.2, 0) is 4.79 Å². The molecule has 0 bridgehead atoms. The van der Waals surface area contributed by atoms with Crippen LogP contribution in [0.15, 0.2) is 0 Å². The van der Waals surface area contributed by atoms with Gasteiger partial charge in [0.15, 0.2) is 0 Å². The van der Waals surface area contributed by atoms with E-state index in [9.17, 15) is 18.0 Å². The molecule has 1 aliphatic carbocycles. The van der Waals surface area contributed by atoms with Gasteiger partial charge >= 0.3 is 5.97 Å². The van der Waals surface area contributed by atoms with Crippen molar-refractivity contribution in [1.82, 2.24) is 0 Å². The highest BCUT2D eigenvalue weighted by molar-refractivity contribution is 5.83. The molecule has 5 heteroatoms. The zero-order chi connectivity index (χ0) is 7.28. The molecule has 0 heterocycles. The van der Waals surface area contributed by atoms with Crippen molar-refractivity contribution < 1.29 is 23.1 Å². The Morgan fingerprint density at radius 2 is 1.78 bits per heavy atom. The molecular weight excluding hydrogens is 137 g/mol. The summed E-state index contributed by atoms with van der Waals surface area (Å²) in [6, 6.07) is 0. The lowest BCUT2D eigenvalue weighted by Gasteiger charge is -1.96. The largest absolute Gasteiger partial charge is 0.479 e. The molecule has 9 heavy (non-hydrogen) atoms. The van der Waals surface area contributed by atoms with E-state index in [2.05, 4.69) is 0 Å². The number of hydrogen-bond donors (Lipinski definition) is 1. The third-order valence-corrected chi connectivity index (χ3v) is 1.26. The Labute approximate surface area is 48.3 Å². The van der Waals surface area contributed by atoms with Gasteiger partial charge in [-0.2, -0.15) is 0 Å². The monoisotopic (exact) mass is 140 g/mol. The van der Waals surface area contributed by atoms with Gasteiger partial charge in [-0.15, -0.1) is 0 Å². The fourth-order valence-electron chi connectivity index (χ4n) is 0.494. The quantitative estimate of drug-likeness (QED) is 0.585. The number of carbonyl (C=O) groups is 1. The fourth-order valence-corrected chi connectivity index (χ4v) is 0.494. The molecule has 1 aliphatic rings. The second-order valence-corrected chi connectivity index (χ2v) is 1.99. The van der Waals surface area contributed by atoms with Crippen LogP contribution in [0.1, 0.15) is 6.42 Å². The Morgan fingerprint density at radius 3 is 1.78 bits per heavy atom. The van der Waals surface area contributed by atoms with Crippen LogP contribution in [0.25, 0.3) is 0 Å². The first-order chi connectivity index (χ1) is 3.90. The number of rotatable bonds is 1. The Kier molecular flexibility index (Phi) is 0.866. The van der Waals surface area contributed by atoms with Crippen molar-refractivity contribution >= 4 is 5.97 Å². The molecule has 1 unspecified atom stereocenters. The zero-order valence-electron chi connectivity index (χ0n) is 4.20. The molecule has 1 N–H and O–H groups in total. The number of hydrogen-bond acceptors (Lipinski definition) is 1. The summed E-state index contributed by atoms with van der Waals surface area (Å²) in [7, 11) is 0. The van der Waals surface area contributed by atoms with E-state index in [1.807, 2.05) is 0 Å². The molecule has 0 aromatic heterocycles. The summed E-state index contributed by atoms with van der Waals surface area (Å²) in [5, 5.41) is 7.79. The van der Waals surface area contributed by atoms with E-state index in [-0.39, 0.29) is 0 Å². The summed E-state index contributed by atoms with van der Waals surface area (Å²) in [4.78, 5) is 9.64. The Balaban J connectivity index is 2.74. The minimum absolute atomic E-state index is 1.19. The summed E-state index contributed by atoms with van der Waals surface area (Å²) in [5.41, 5.74) is -3.27. The van der Waals surface area contributed by atoms with Gasteiger partial charge in [0.2, 0.25) is 0 Å². The van der Waals surface area contributed by atoms with Crippen molar-refractivity contribution in [1.29, 1.82) is 0 Å². The molecule has 0 aromatic carbocycles. The highest BCUT2D eigenvalue weighted by Crippen LogP contribution is 2.55. The number of alkyl halides is 3. The highest BCUT2D eigenvalue weighted by atomic mass is 19.3. The van der Waals surface area contributed by atoms with Gasteiger partial charge in [-0.05, 0) is 0 Å². The van der Waals surface area contributed by atoms with E-state index in [0.717, 1.165) is 0 Å². The minimum Gasteiger partial charge on any atom is -0.479 e. The normalized spacial score (nSPS) is 38.1. The molecule has 1 rings (SSSR count). The van der Waals surface area contributed by atoms with Gasteiger partial charge < -0.3 is 5.11 Å². The highest BCUT2D eigenvalue weighted by Gasteiger charge is 2.78. The molecule has 0 aliphatic heterocycles. The molecule has 1 saturated carbocycles. The topological polar surface area (TPSA) is 37.3 Å². The lowest BCUT2D eigenvalue weighted by molar-refractivity contribution is -0.149. The van der Waals surface area contributed by atoms with Gasteiger partial charge in [-0.1, -0.05) is 0 Å². The minimum atomic E-state index is -3.64. The predicted octanol–water partition coefficient (Wildman–Crippen LogP) is 0.818. The second kappa shape index (κ2) is 1.22. The molecule has 1 fully saturated rings. The van der Waals surface area contributed by atoms with Gasteiger partial charge in [-0.3, -0.25) is 0 Å². The van der Waals surface area contributed by atoms with Crippen molar-refractivity contribution in [2.45, 2.75) is 18.0 Å². The summed E-state index contributed by atoms with van der Waals surface area (Å²) < 4.78 is 35.4. The summed E-state index contributed by atoms with van der Waals surface area (Å²) in [5.74, 6) is -5.72. The predicted molar refractivity (Wildman–Crippen MR) is 21.0 cm³/mol. The molecule has 0 saturated heterocycles. The van der Waals surface area contributed by atoms with Gasteiger partial charge in [0.25, 0.3) is 11.6 Å². The molecule has 1 atom stereocenters. The van der Waals surface area contributed by atoms with Crippen molar-refractivity contribution in [2.75, 3.05) is 0 Å². The summed E-state index contributed by atoms with van der Waals surface area (Å²) in [6.07, 6.45) is -1.19. The van der Waals surface area contributed by atoms with Crippen molar-refractivity contribution in [3.05, 3.63) is 0 Å². The first kappa shape index (κ1) is 6.38. The van der Waals surface area contributed by atoms with E-state index in [0.29, 0.717) is 0 Å². The third kappa shape index (κ3) is 0.602. The van der Waals surface area contributed by atoms with Gasteiger partial charge in [0.1, 0.15) is 0 Å². The zero-order valence-corrected chi connectivity index (χ0v) is 4.20. The van der Waals surface area contributed by atoms with Gasteiger partial charge in [-0.25, -0.2) is 18.0 Å². The average Bonchev–Trinajstić information content (AvgIpc) is 2.08. The van der Waals surface area contributed by atoms with E-state index < -0.39 is 24.0 Å². The molecule has 0 spiro atoms. The van der Waals surface area contributed by atoms with Crippen LogP contribution in [-0.4, -0.2) is 22.7 Å². The number of aliphatic carboxylic acids is 1. The van der Waals surface area contributed by atoms with Gasteiger partial charge in [0.05, 0.1) is 6.42 Å². The van der Waals surface area contributed by atoms with Crippen molar-refractivity contribution in [3.63, 3.8) is 0 Å². The maximum absolute atomic E-state index is 12.1. The number of halogens is 3. The first-order valence-corrected chi connectivity index (χ1v) is 2.20. The van der Waals surface area contributed by atoms with Crippen LogP contribution in [0.3, 0.4) is 0 Å². The van der Waals surface area contributed by atoms with Gasteiger partial charge in [0, 0.05) is 0 Å². The van der Waals surface area contributed by atoms with E-state index >= 15 is 0 Å². The Morgan fingerprint density at radius 1 is 1.44 bits per heavy atom. The molecule has 0 aromatic rings. The van der Waals surface area contributed by atoms with Crippen LogP contribution in [0.2, 0.25) is 0 Å². The van der Waals surface area contributed by atoms with Crippen LogP contribution in [0.5, 0.6) is 0 Å². The molecule has 2 nitrogen and oxygen atoms in total. The van der Waals surface area contributed by atoms with Crippen LogP contribution in [0, 0.1) is 0 Å². The molecule has 0 radical (unpaired) electrons. The lowest BCUT2D eigenvalue weighted by atomic mass is 10.4. The second-order valence-electron chi connectivity index (χ2n) is 1.99. The summed E-state index contributed by atoms with van der Waals surface area (Å²) >= 11 is 0. The molecule has 0 amide bonds. The van der Waals surface area contributed by atoms with E-state index in [1.54, 1.807) is 0 Å². The number of carboxylic acid groups (broad SMARTS) is 1. The van der Waals surface area contributed by atoms with Crippen molar-refractivity contribution in [3.8, 4) is 0 Å². The first-order valence-electron chi connectivity index (χ1n) is 2.20. The lowest BCUT2D eigenvalue weighted by Crippen LogP contribution is -2.23. The third-order valence-electron chi connectivity index (χ3n) is 1.26. The maximum atomic E-state index is 12.1. The average molecular weight is 140 g/mol. The van der Waals surface area contributed by atoms with Crippen molar-refractivity contribution in [2.24, 2.45) is 0 Å². The Bertz CT molecular complexity index is 167. The van der Waals surface area contributed by atoms with E-state index in [4.69, 9.17) is 5.11 Å². The number of carboxylic acids is 1. The SMILES string of the molecule is O=C(O)C1(F)CC1(F)F. The fraction of sp³-hybridized carbons (Fsp3) is 0.750. The van der Waals surface area contributed by atoms with E-state index in [1.165, 1.54) is 0 Å². The van der Waals surface area contributed by atoms with Crippen LogP contribution < -0.4 is 0 Å². The smallest absolute Gasteiger partial charge is 0.348 e. The Hall–Kier alpha value is -0.740. The standard InChI is InChI=1S/C4H3F3O2/c5-3(2(8)9)1-4(3,6)7/h1H2,(H,8,9). The molecular formula is C4H3F3O2. The van der Waals surface area contributed by atoms with Crippen LogP contribution in [0.4, 0.5) is 13.2 Å². The maximum Gasteiger partial charge on any atom is 0.348 e. The summed E-state index contributed by atoms with van der Waals surface area (Å²) in [6.45, 7) is 0. The van der Waals surface area contributed by atoms with Crippen LogP contribution >= 0.6 is 0 Å². The molecule has 52 valence electrons.